The molecule has 0 saturated carbocycles. The van der Waals surface area contributed by atoms with E-state index in [4.69, 9.17) is 11.6 Å². The number of nitrogens with zero attached hydrogens (tertiary/aromatic N) is 1. The second-order valence-corrected chi connectivity index (χ2v) is 5.89. The average Bonchev–Trinajstić information content (AvgIpc) is 2.54. The standard InChI is InChI=1S/C8H14ClNO3S/c9-8(11)4-3-7-14(12,13)10-5-1-2-6-10/h1-7H2. The Morgan fingerprint density at radius 1 is 1.29 bits per heavy atom. The zero-order valence-corrected chi connectivity index (χ0v) is 9.48. The van der Waals surface area contributed by atoms with Crippen molar-refractivity contribution in [1.82, 2.24) is 4.31 Å². The van der Waals surface area contributed by atoms with Crippen molar-refractivity contribution in [2.24, 2.45) is 0 Å². The van der Waals surface area contributed by atoms with Crippen LogP contribution in [0.25, 0.3) is 0 Å². The molecule has 4 nitrogen and oxygen atoms in total. The third-order valence-corrected chi connectivity index (χ3v) is 4.38. The first-order chi connectivity index (χ1) is 6.52. The van der Waals surface area contributed by atoms with E-state index in [0.29, 0.717) is 19.5 Å². The fourth-order valence-electron chi connectivity index (χ4n) is 1.49. The zero-order valence-electron chi connectivity index (χ0n) is 7.91. The van der Waals surface area contributed by atoms with Crippen LogP contribution in [0.2, 0.25) is 0 Å². The fourth-order valence-corrected chi connectivity index (χ4v) is 3.20. The first kappa shape index (κ1) is 11.9. The van der Waals surface area contributed by atoms with Crippen LogP contribution in [0.15, 0.2) is 0 Å². The Morgan fingerprint density at radius 2 is 1.86 bits per heavy atom. The van der Waals surface area contributed by atoms with Crippen molar-refractivity contribution < 1.29 is 13.2 Å². The third kappa shape index (κ3) is 3.55. The second-order valence-electron chi connectivity index (χ2n) is 3.38. The van der Waals surface area contributed by atoms with Crippen LogP contribution in [-0.4, -0.2) is 36.8 Å². The Balaban J connectivity index is 2.37. The van der Waals surface area contributed by atoms with Gasteiger partial charge in [-0.15, -0.1) is 0 Å². The molecular weight excluding hydrogens is 226 g/mol. The molecule has 0 N–H and O–H groups in total. The molecule has 0 aliphatic carbocycles. The smallest absolute Gasteiger partial charge is 0.221 e. The molecule has 0 spiro atoms. The SMILES string of the molecule is O=C(Cl)CCCS(=O)(=O)N1CCCC1. The predicted molar refractivity (Wildman–Crippen MR) is 54.7 cm³/mol. The van der Waals surface area contributed by atoms with Gasteiger partial charge in [-0.3, -0.25) is 4.79 Å². The maximum atomic E-state index is 11.6. The summed E-state index contributed by atoms with van der Waals surface area (Å²) in [6.07, 6.45) is 2.33. The number of carbonyl (C=O) groups excluding carboxylic acids is 1. The molecule has 1 aliphatic heterocycles. The minimum absolute atomic E-state index is 0.0332. The van der Waals surface area contributed by atoms with E-state index in [1.54, 1.807) is 0 Å². The largest absolute Gasteiger partial charge is 0.281 e. The van der Waals surface area contributed by atoms with Gasteiger partial charge in [0.15, 0.2) is 0 Å². The lowest BCUT2D eigenvalue weighted by Crippen LogP contribution is -2.30. The monoisotopic (exact) mass is 239 g/mol. The summed E-state index contributed by atoms with van der Waals surface area (Å²) >= 11 is 5.12. The minimum Gasteiger partial charge on any atom is -0.281 e. The van der Waals surface area contributed by atoms with Crippen LogP contribution < -0.4 is 0 Å². The molecule has 0 aromatic heterocycles. The molecule has 82 valence electrons. The summed E-state index contributed by atoms with van der Waals surface area (Å²) in [5.74, 6) is 0.0332. The van der Waals surface area contributed by atoms with E-state index in [0.717, 1.165) is 12.8 Å². The van der Waals surface area contributed by atoms with Crippen molar-refractivity contribution in [1.29, 1.82) is 0 Å². The zero-order chi connectivity index (χ0) is 10.6. The Kier molecular flexibility index (Phi) is 4.34. The fraction of sp³-hybridized carbons (Fsp3) is 0.875. The molecule has 0 radical (unpaired) electrons. The van der Waals surface area contributed by atoms with Gasteiger partial charge in [-0.1, -0.05) is 0 Å². The Bertz CT molecular complexity index is 296. The van der Waals surface area contributed by atoms with Crippen molar-refractivity contribution in [3.8, 4) is 0 Å². The van der Waals surface area contributed by atoms with Gasteiger partial charge in [0.05, 0.1) is 5.75 Å². The molecule has 1 aliphatic rings. The van der Waals surface area contributed by atoms with Gasteiger partial charge in [-0.2, -0.15) is 0 Å². The van der Waals surface area contributed by atoms with E-state index >= 15 is 0 Å². The molecule has 0 atom stereocenters. The van der Waals surface area contributed by atoms with E-state index < -0.39 is 15.3 Å². The summed E-state index contributed by atoms with van der Waals surface area (Å²) < 4.78 is 24.7. The van der Waals surface area contributed by atoms with Crippen LogP contribution >= 0.6 is 11.6 Å². The van der Waals surface area contributed by atoms with Crippen LogP contribution in [0, 0.1) is 0 Å². The van der Waals surface area contributed by atoms with E-state index in [2.05, 4.69) is 0 Å². The van der Waals surface area contributed by atoms with Gasteiger partial charge in [0, 0.05) is 19.5 Å². The summed E-state index contributed by atoms with van der Waals surface area (Å²) in [5.41, 5.74) is 0. The highest BCUT2D eigenvalue weighted by atomic mass is 35.5. The van der Waals surface area contributed by atoms with E-state index in [-0.39, 0.29) is 12.2 Å². The van der Waals surface area contributed by atoms with Crippen molar-refractivity contribution in [2.75, 3.05) is 18.8 Å². The minimum atomic E-state index is -3.13. The normalized spacial score (nSPS) is 18.6. The molecule has 1 rings (SSSR count). The first-order valence-electron chi connectivity index (χ1n) is 4.68. The molecule has 0 bridgehead atoms. The van der Waals surface area contributed by atoms with E-state index in [9.17, 15) is 13.2 Å². The maximum absolute atomic E-state index is 11.6. The van der Waals surface area contributed by atoms with Crippen LogP contribution in [0.4, 0.5) is 0 Å². The number of rotatable bonds is 5. The summed E-state index contributed by atoms with van der Waals surface area (Å²) in [7, 11) is -3.13. The Labute approximate surface area is 89.3 Å². The van der Waals surface area contributed by atoms with Gasteiger partial charge in [0.25, 0.3) is 0 Å². The van der Waals surface area contributed by atoms with Crippen LogP contribution in [0.5, 0.6) is 0 Å². The Hall–Kier alpha value is -0.130. The third-order valence-electron chi connectivity index (χ3n) is 2.23. The lowest BCUT2D eigenvalue weighted by molar-refractivity contribution is -0.111. The number of halogens is 1. The van der Waals surface area contributed by atoms with E-state index in [1.165, 1.54) is 4.31 Å². The average molecular weight is 240 g/mol. The molecule has 1 fully saturated rings. The highest BCUT2D eigenvalue weighted by Gasteiger charge is 2.24. The Morgan fingerprint density at radius 3 is 2.36 bits per heavy atom. The number of sulfonamides is 1. The number of hydrogen-bond donors (Lipinski definition) is 0. The first-order valence-corrected chi connectivity index (χ1v) is 6.67. The molecule has 0 aromatic rings. The molecule has 0 aromatic carbocycles. The summed E-state index contributed by atoms with van der Waals surface area (Å²) in [6, 6.07) is 0. The van der Waals surface area contributed by atoms with E-state index in [1.807, 2.05) is 0 Å². The molecule has 1 saturated heterocycles. The number of carbonyl (C=O) groups is 1. The predicted octanol–water partition coefficient (Wildman–Crippen LogP) is 0.958. The maximum Gasteiger partial charge on any atom is 0.221 e. The van der Waals surface area contributed by atoms with Gasteiger partial charge in [-0.05, 0) is 30.9 Å². The molecule has 1 heterocycles. The lowest BCUT2D eigenvalue weighted by Gasteiger charge is -2.14. The van der Waals surface area contributed by atoms with Gasteiger partial charge >= 0.3 is 0 Å². The van der Waals surface area contributed by atoms with Crippen LogP contribution in [0.3, 0.4) is 0 Å². The molecule has 0 unspecified atom stereocenters. The molecule has 0 amide bonds. The van der Waals surface area contributed by atoms with Crippen molar-refractivity contribution >= 4 is 26.9 Å². The quantitative estimate of drug-likeness (QED) is 0.672. The summed E-state index contributed by atoms with van der Waals surface area (Å²) in [6.45, 7) is 1.24. The highest BCUT2D eigenvalue weighted by Crippen LogP contribution is 2.14. The lowest BCUT2D eigenvalue weighted by atomic mass is 10.4. The van der Waals surface area contributed by atoms with Crippen LogP contribution in [0.1, 0.15) is 25.7 Å². The van der Waals surface area contributed by atoms with Crippen molar-refractivity contribution in [3.63, 3.8) is 0 Å². The van der Waals surface area contributed by atoms with Crippen molar-refractivity contribution in [3.05, 3.63) is 0 Å². The second kappa shape index (κ2) is 5.09. The van der Waals surface area contributed by atoms with Crippen molar-refractivity contribution in [2.45, 2.75) is 25.7 Å². The molecule has 14 heavy (non-hydrogen) atoms. The molecular formula is C8H14ClNO3S. The summed E-state index contributed by atoms with van der Waals surface area (Å²) in [5, 5.41) is -0.471. The van der Waals surface area contributed by atoms with Crippen LogP contribution in [-0.2, 0) is 14.8 Å². The van der Waals surface area contributed by atoms with Gasteiger partial charge in [-0.25, -0.2) is 12.7 Å². The highest BCUT2D eigenvalue weighted by molar-refractivity contribution is 7.89. The molecule has 6 heteroatoms. The summed E-state index contributed by atoms with van der Waals surface area (Å²) in [4.78, 5) is 10.4. The van der Waals surface area contributed by atoms with Gasteiger partial charge in [0.1, 0.15) is 0 Å². The topological polar surface area (TPSA) is 54.5 Å². The number of hydrogen-bond acceptors (Lipinski definition) is 3. The van der Waals surface area contributed by atoms with Gasteiger partial charge in [0.2, 0.25) is 15.3 Å². The van der Waals surface area contributed by atoms with Gasteiger partial charge < -0.3 is 0 Å².